The summed E-state index contributed by atoms with van der Waals surface area (Å²) >= 11 is 0. The third-order valence-electron chi connectivity index (χ3n) is 3.33. The van der Waals surface area contributed by atoms with E-state index < -0.39 is 0 Å². The maximum absolute atomic E-state index is 11.5. The molecule has 0 amide bonds. The molecule has 2 nitrogen and oxygen atoms in total. The fourth-order valence-electron chi connectivity index (χ4n) is 2.33. The van der Waals surface area contributed by atoms with Gasteiger partial charge < -0.3 is 5.32 Å². The van der Waals surface area contributed by atoms with Gasteiger partial charge in [-0.2, -0.15) is 0 Å². The first-order valence-electron chi connectivity index (χ1n) is 6.01. The summed E-state index contributed by atoms with van der Waals surface area (Å²) in [6.45, 7) is 6.33. The highest BCUT2D eigenvalue weighted by Crippen LogP contribution is 2.29. The van der Waals surface area contributed by atoms with Crippen molar-refractivity contribution in [1.82, 2.24) is 5.32 Å². The van der Waals surface area contributed by atoms with Crippen molar-refractivity contribution >= 4 is 5.78 Å². The molecule has 14 heavy (non-hydrogen) atoms. The van der Waals surface area contributed by atoms with E-state index in [1.54, 1.807) is 0 Å². The molecule has 1 rings (SSSR count). The van der Waals surface area contributed by atoms with Crippen LogP contribution in [-0.4, -0.2) is 18.9 Å². The number of carbonyl (C=O) groups excluding carboxylic acids is 1. The van der Waals surface area contributed by atoms with Crippen LogP contribution >= 0.6 is 0 Å². The van der Waals surface area contributed by atoms with E-state index in [0.717, 1.165) is 38.3 Å². The van der Waals surface area contributed by atoms with Gasteiger partial charge in [0.15, 0.2) is 0 Å². The summed E-state index contributed by atoms with van der Waals surface area (Å²) in [6.07, 6.45) is 5.46. The Morgan fingerprint density at radius 3 is 2.36 bits per heavy atom. The van der Waals surface area contributed by atoms with Gasteiger partial charge in [0.1, 0.15) is 5.78 Å². The fourth-order valence-corrected chi connectivity index (χ4v) is 2.33. The lowest BCUT2D eigenvalue weighted by atomic mass is 9.79. The minimum Gasteiger partial charge on any atom is -0.317 e. The maximum atomic E-state index is 11.5. The maximum Gasteiger partial charge on any atom is 0.135 e. The second-order valence-electron chi connectivity index (χ2n) is 4.35. The molecule has 1 N–H and O–H groups in total. The van der Waals surface area contributed by atoms with Crippen LogP contribution in [0.5, 0.6) is 0 Å². The Morgan fingerprint density at radius 1 is 1.21 bits per heavy atom. The van der Waals surface area contributed by atoms with E-state index in [0.29, 0.717) is 11.7 Å². The molecule has 0 aromatic heterocycles. The van der Waals surface area contributed by atoms with E-state index in [2.05, 4.69) is 12.2 Å². The van der Waals surface area contributed by atoms with Crippen LogP contribution in [0.3, 0.4) is 0 Å². The SMILES string of the molecule is CCNC[C@H]1CC[C@H](C(=O)CC)CC1. The molecule has 1 aliphatic carbocycles. The van der Waals surface area contributed by atoms with Crippen molar-refractivity contribution in [3.63, 3.8) is 0 Å². The normalized spacial score (nSPS) is 27.6. The summed E-state index contributed by atoms with van der Waals surface area (Å²) in [7, 11) is 0. The molecular weight excluding hydrogens is 174 g/mol. The third kappa shape index (κ3) is 3.41. The Balaban J connectivity index is 2.20. The highest BCUT2D eigenvalue weighted by Gasteiger charge is 2.24. The Hall–Kier alpha value is -0.370. The minimum atomic E-state index is 0.387. The lowest BCUT2D eigenvalue weighted by Crippen LogP contribution is -2.28. The van der Waals surface area contributed by atoms with Gasteiger partial charge in [-0.15, -0.1) is 0 Å². The van der Waals surface area contributed by atoms with E-state index in [1.165, 1.54) is 12.8 Å². The van der Waals surface area contributed by atoms with E-state index in [9.17, 15) is 4.79 Å². The van der Waals surface area contributed by atoms with Gasteiger partial charge in [0.25, 0.3) is 0 Å². The third-order valence-corrected chi connectivity index (χ3v) is 3.33. The van der Waals surface area contributed by atoms with E-state index >= 15 is 0 Å². The van der Waals surface area contributed by atoms with Crippen molar-refractivity contribution in [3.05, 3.63) is 0 Å². The number of ketones is 1. The molecule has 1 aliphatic rings. The first-order chi connectivity index (χ1) is 6.77. The van der Waals surface area contributed by atoms with Crippen LogP contribution in [0, 0.1) is 11.8 Å². The summed E-state index contributed by atoms with van der Waals surface area (Å²) in [5.41, 5.74) is 0. The van der Waals surface area contributed by atoms with E-state index in [4.69, 9.17) is 0 Å². The molecule has 1 fully saturated rings. The van der Waals surface area contributed by atoms with Gasteiger partial charge >= 0.3 is 0 Å². The molecule has 0 atom stereocenters. The van der Waals surface area contributed by atoms with Gasteiger partial charge in [-0.1, -0.05) is 13.8 Å². The largest absolute Gasteiger partial charge is 0.317 e. The van der Waals surface area contributed by atoms with Crippen molar-refractivity contribution in [1.29, 1.82) is 0 Å². The predicted octanol–water partition coefficient (Wildman–Crippen LogP) is 2.38. The second-order valence-corrected chi connectivity index (χ2v) is 4.35. The van der Waals surface area contributed by atoms with Gasteiger partial charge in [-0.25, -0.2) is 0 Å². The van der Waals surface area contributed by atoms with Crippen LogP contribution < -0.4 is 5.32 Å². The molecule has 1 saturated carbocycles. The molecule has 0 aromatic carbocycles. The zero-order valence-corrected chi connectivity index (χ0v) is 9.51. The highest BCUT2D eigenvalue weighted by atomic mass is 16.1. The van der Waals surface area contributed by atoms with Gasteiger partial charge in [0.2, 0.25) is 0 Å². The smallest absolute Gasteiger partial charge is 0.135 e. The molecule has 0 aromatic rings. The zero-order chi connectivity index (χ0) is 10.4. The number of hydrogen-bond acceptors (Lipinski definition) is 2. The molecule has 0 heterocycles. The van der Waals surface area contributed by atoms with Crippen molar-refractivity contribution in [2.75, 3.05) is 13.1 Å². The average Bonchev–Trinajstić information content (AvgIpc) is 2.26. The molecule has 0 unspecified atom stereocenters. The van der Waals surface area contributed by atoms with Gasteiger partial charge in [0.05, 0.1) is 0 Å². The molecule has 0 saturated heterocycles. The van der Waals surface area contributed by atoms with Crippen LogP contribution in [0.25, 0.3) is 0 Å². The van der Waals surface area contributed by atoms with Crippen LogP contribution in [-0.2, 0) is 4.79 Å². The van der Waals surface area contributed by atoms with Crippen LogP contribution in [0.2, 0.25) is 0 Å². The lowest BCUT2D eigenvalue weighted by Gasteiger charge is -2.27. The molecule has 82 valence electrons. The molecular formula is C12H23NO. The summed E-state index contributed by atoms with van der Waals surface area (Å²) in [5.74, 6) is 1.68. The van der Waals surface area contributed by atoms with Crippen molar-refractivity contribution in [2.45, 2.75) is 46.0 Å². The highest BCUT2D eigenvalue weighted by molar-refractivity contribution is 5.80. The Bertz CT molecular complexity index is 171. The quantitative estimate of drug-likeness (QED) is 0.733. The Kier molecular flexibility index (Phi) is 5.16. The van der Waals surface area contributed by atoms with Crippen molar-refractivity contribution < 1.29 is 4.79 Å². The summed E-state index contributed by atoms with van der Waals surface area (Å²) < 4.78 is 0. The Labute approximate surface area is 87.5 Å². The topological polar surface area (TPSA) is 29.1 Å². The number of hydrogen-bond donors (Lipinski definition) is 1. The molecule has 0 bridgehead atoms. The zero-order valence-electron chi connectivity index (χ0n) is 9.51. The Morgan fingerprint density at radius 2 is 1.86 bits per heavy atom. The van der Waals surface area contributed by atoms with E-state index in [-0.39, 0.29) is 0 Å². The number of rotatable bonds is 5. The second kappa shape index (κ2) is 6.18. The van der Waals surface area contributed by atoms with Crippen LogP contribution in [0.15, 0.2) is 0 Å². The van der Waals surface area contributed by atoms with Gasteiger partial charge in [0, 0.05) is 12.3 Å². The molecule has 0 spiro atoms. The van der Waals surface area contributed by atoms with Gasteiger partial charge in [-0.3, -0.25) is 4.79 Å². The van der Waals surface area contributed by atoms with Crippen molar-refractivity contribution in [3.8, 4) is 0 Å². The molecule has 0 aliphatic heterocycles. The number of carbonyl (C=O) groups is 1. The monoisotopic (exact) mass is 197 g/mol. The summed E-state index contributed by atoms with van der Waals surface area (Å²) in [4.78, 5) is 11.5. The molecule has 2 heteroatoms. The number of nitrogens with one attached hydrogen (secondary N) is 1. The first kappa shape index (κ1) is 11.7. The fraction of sp³-hybridized carbons (Fsp3) is 0.917. The standard InChI is InChI=1S/C12H23NO/c1-3-12(14)11-7-5-10(6-8-11)9-13-4-2/h10-11,13H,3-9H2,1-2H3/t10-,11-. The predicted molar refractivity (Wildman–Crippen MR) is 59.3 cm³/mol. The van der Waals surface area contributed by atoms with Crippen LogP contribution in [0.1, 0.15) is 46.0 Å². The van der Waals surface area contributed by atoms with Gasteiger partial charge in [-0.05, 0) is 44.7 Å². The van der Waals surface area contributed by atoms with Crippen LogP contribution in [0.4, 0.5) is 0 Å². The minimum absolute atomic E-state index is 0.387. The van der Waals surface area contributed by atoms with Crippen molar-refractivity contribution in [2.24, 2.45) is 11.8 Å². The van der Waals surface area contributed by atoms with E-state index in [1.807, 2.05) is 6.92 Å². The molecule has 0 radical (unpaired) electrons. The lowest BCUT2D eigenvalue weighted by molar-refractivity contribution is -0.123. The average molecular weight is 197 g/mol. The first-order valence-corrected chi connectivity index (χ1v) is 6.01. The summed E-state index contributed by atoms with van der Waals surface area (Å²) in [6, 6.07) is 0. The summed E-state index contributed by atoms with van der Waals surface area (Å²) in [5, 5.41) is 3.39. The number of Topliss-reactive ketones (excluding diaryl/α,β-unsaturated/α-hetero) is 1.